The molecule has 0 aliphatic carbocycles. The van der Waals surface area contributed by atoms with Crippen LogP contribution in [0.2, 0.25) is 0 Å². The molecule has 32 heavy (non-hydrogen) atoms. The number of guanidine groups is 1. The molecule has 7 nitrogen and oxygen atoms in total. The zero-order chi connectivity index (χ0) is 22.2. The number of rotatable bonds is 8. The molecule has 0 unspecified atom stereocenters. The van der Waals surface area contributed by atoms with Crippen molar-refractivity contribution in [1.82, 2.24) is 20.4 Å². The predicted molar refractivity (Wildman–Crippen MR) is 140 cm³/mol. The van der Waals surface area contributed by atoms with Gasteiger partial charge in [-0.3, -0.25) is 4.99 Å². The molecule has 0 amide bonds. The van der Waals surface area contributed by atoms with Crippen molar-refractivity contribution in [2.24, 2.45) is 4.99 Å². The Hall–Kier alpha value is -2.75. The van der Waals surface area contributed by atoms with E-state index in [0.717, 1.165) is 58.6 Å². The summed E-state index contributed by atoms with van der Waals surface area (Å²) >= 11 is 0. The van der Waals surface area contributed by atoms with E-state index in [9.17, 15) is 0 Å². The summed E-state index contributed by atoms with van der Waals surface area (Å²) in [6, 6.07) is 16.3. The van der Waals surface area contributed by atoms with Crippen LogP contribution in [-0.4, -0.2) is 43.6 Å². The fourth-order valence-electron chi connectivity index (χ4n) is 3.50. The van der Waals surface area contributed by atoms with Gasteiger partial charge >= 0.3 is 0 Å². The highest BCUT2D eigenvalue weighted by Crippen LogP contribution is 2.27. The minimum absolute atomic E-state index is 0. The summed E-state index contributed by atoms with van der Waals surface area (Å²) in [6.07, 6.45) is 0.837. The van der Waals surface area contributed by atoms with Crippen LogP contribution in [0, 0.1) is 13.8 Å². The molecule has 3 rings (SSSR count). The van der Waals surface area contributed by atoms with Crippen LogP contribution in [0.1, 0.15) is 22.5 Å². The molecule has 3 aromatic rings. The van der Waals surface area contributed by atoms with Crippen LogP contribution < -0.4 is 20.1 Å². The third-order valence-electron chi connectivity index (χ3n) is 5.05. The molecule has 0 aliphatic rings. The number of benzene rings is 2. The lowest BCUT2D eigenvalue weighted by atomic mass is 10.1. The van der Waals surface area contributed by atoms with E-state index >= 15 is 0 Å². The zero-order valence-corrected chi connectivity index (χ0v) is 21.6. The zero-order valence-electron chi connectivity index (χ0n) is 19.3. The molecule has 8 heteroatoms. The first kappa shape index (κ1) is 25.5. The number of hydrogen-bond acceptors (Lipinski definition) is 4. The summed E-state index contributed by atoms with van der Waals surface area (Å²) in [4.78, 5) is 4.35. The normalized spacial score (nSPS) is 11.0. The van der Waals surface area contributed by atoms with Crippen molar-refractivity contribution >= 4 is 29.9 Å². The van der Waals surface area contributed by atoms with Gasteiger partial charge in [0.25, 0.3) is 0 Å². The van der Waals surface area contributed by atoms with Crippen molar-refractivity contribution in [1.29, 1.82) is 0 Å². The number of ether oxygens (including phenoxy) is 2. The standard InChI is InChI=1S/C24H31N5O2.HI/c1-17-14-18(2)29(28-17)21-9-7-6-8-20(21)16-27-24(25-3)26-13-12-19-10-11-22(30-4)23(15-19)31-5;/h6-11,14-15H,12-13,16H2,1-5H3,(H2,25,26,27);1H. The van der Waals surface area contributed by atoms with Gasteiger partial charge in [-0.15, -0.1) is 24.0 Å². The summed E-state index contributed by atoms with van der Waals surface area (Å²) in [5.41, 5.74) is 5.50. The first-order valence-electron chi connectivity index (χ1n) is 10.3. The quantitative estimate of drug-likeness (QED) is 0.252. The maximum atomic E-state index is 5.38. The van der Waals surface area contributed by atoms with Crippen LogP contribution in [-0.2, 0) is 13.0 Å². The molecule has 2 N–H and O–H groups in total. The second-order valence-electron chi connectivity index (χ2n) is 7.26. The van der Waals surface area contributed by atoms with E-state index in [1.165, 1.54) is 0 Å². The summed E-state index contributed by atoms with van der Waals surface area (Å²) < 4.78 is 12.7. The van der Waals surface area contributed by atoms with Crippen LogP contribution in [0.5, 0.6) is 11.5 Å². The van der Waals surface area contributed by atoms with Crippen molar-refractivity contribution in [3.05, 3.63) is 71.0 Å². The molecule has 0 spiro atoms. The first-order chi connectivity index (χ1) is 15.0. The van der Waals surface area contributed by atoms with Gasteiger partial charge in [0.05, 0.1) is 25.6 Å². The molecule has 172 valence electrons. The van der Waals surface area contributed by atoms with E-state index in [1.807, 2.05) is 41.9 Å². The topological polar surface area (TPSA) is 72.7 Å². The highest BCUT2D eigenvalue weighted by atomic mass is 127. The lowest BCUT2D eigenvalue weighted by Gasteiger charge is -2.15. The number of aryl methyl sites for hydroxylation is 2. The molecular formula is C24H32IN5O2. The van der Waals surface area contributed by atoms with E-state index in [2.05, 4.69) is 45.8 Å². The lowest BCUT2D eigenvalue weighted by molar-refractivity contribution is 0.354. The molecule has 0 fully saturated rings. The Balaban J connectivity index is 0.00000363. The van der Waals surface area contributed by atoms with Crippen molar-refractivity contribution in [2.45, 2.75) is 26.8 Å². The number of halogens is 1. The molecule has 0 aliphatic heterocycles. The van der Waals surface area contributed by atoms with Crippen molar-refractivity contribution in [3.8, 4) is 17.2 Å². The summed E-state index contributed by atoms with van der Waals surface area (Å²) in [5, 5.41) is 11.4. The second kappa shape index (κ2) is 12.3. The molecule has 0 bridgehead atoms. The molecule has 1 aromatic heterocycles. The molecule has 2 aromatic carbocycles. The summed E-state index contributed by atoms with van der Waals surface area (Å²) in [6.45, 7) is 5.46. The number of nitrogens with zero attached hydrogens (tertiary/aromatic N) is 3. The van der Waals surface area contributed by atoms with Gasteiger partial charge in [-0.05, 0) is 55.7 Å². The van der Waals surface area contributed by atoms with Gasteiger partial charge in [0.15, 0.2) is 17.5 Å². The Morgan fingerprint density at radius 3 is 2.41 bits per heavy atom. The first-order valence-corrected chi connectivity index (χ1v) is 10.3. The third-order valence-corrected chi connectivity index (χ3v) is 5.05. The number of hydrogen-bond donors (Lipinski definition) is 2. The Kier molecular flexibility index (Phi) is 9.83. The SMILES string of the molecule is CN=C(NCCc1ccc(OC)c(OC)c1)NCc1ccccc1-n1nc(C)cc1C.I. The van der Waals surface area contributed by atoms with Crippen LogP contribution in [0.15, 0.2) is 53.5 Å². The third kappa shape index (κ3) is 6.38. The summed E-state index contributed by atoms with van der Waals surface area (Å²) in [5.74, 6) is 2.23. The second-order valence-corrected chi connectivity index (χ2v) is 7.26. The van der Waals surface area contributed by atoms with Gasteiger partial charge in [0.2, 0.25) is 0 Å². The predicted octanol–water partition coefficient (Wildman–Crippen LogP) is 4.03. The van der Waals surface area contributed by atoms with E-state index < -0.39 is 0 Å². The van der Waals surface area contributed by atoms with E-state index in [0.29, 0.717) is 6.54 Å². The number of aliphatic imine (C=N–C) groups is 1. The van der Waals surface area contributed by atoms with Crippen LogP contribution in [0.3, 0.4) is 0 Å². The lowest BCUT2D eigenvalue weighted by Crippen LogP contribution is -2.38. The highest BCUT2D eigenvalue weighted by Gasteiger charge is 2.09. The van der Waals surface area contributed by atoms with Crippen molar-refractivity contribution in [3.63, 3.8) is 0 Å². The molecular weight excluding hydrogens is 517 g/mol. The van der Waals surface area contributed by atoms with Crippen LogP contribution >= 0.6 is 24.0 Å². The maximum absolute atomic E-state index is 5.38. The summed E-state index contributed by atoms with van der Waals surface area (Å²) in [7, 11) is 5.07. The number of para-hydroxylation sites is 1. The van der Waals surface area contributed by atoms with Crippen LogP contribution in [0.25, 0.3) is 5.69 Å². The van der Waals surface area contributed by atoms with Gasteiger partial charge in [-0.25, -0.2) is 4.68 Å². The minimum Gasteiger partial charge on any atom is -0.493 e. The van der Waals surface area contributed by atoms with Crippen molar-refractivity contribution < 1.29 is 9.47 Å². The fourth-order valence-corrected chi connectivity index (χ4v) is 3.50. The van der Waals surface area contributed by atoms with E-state index in [1.54, 1.807) is 21.3 Å². The smallest absolute Gasteiger partial charge is 0.191 e. The number of methoxy groups -OCH3 is 2. The average Bonchev–Trinajstić information content (AvgIpc) is 3.13. The Labute approximate surface area is 207 Å². The molecule has 1 heterocycles. The number of aromatic nitrogens is 2. The van der Waals surface area contributed by atoms with Gasteiger partial charge in [-0.2, -0.15) is 5.10 Å². The van der Waals surface area contributed by atoms with Gasteiger partial charge in [-0.1, -0.05) is 24.3 Å². The Morgan fingerprint density at radius 2 is 1.75 bits per heavy atom. The van der Waals surface area contributed by atoms with Gasteiger partial charge in [0, 0.05) is 25.8 Å². The van der Waals surface area contributed by atoms with E-state index in [4.69, 9.17) is 9.47 Å². The maximum Gasteiger partial charge on any atom is 0.191 e. The molecule has 0 atom stereocenters. The number of nitrogens with one attached hydrogen (secondary N) is 2. The van der Waals surface area contributed by atoms with Gasteiger partial charge in [0.1, 0.15) is 0 Å². The van der Waals surface area contributed by atoms with E-state index in [-0.39, 0.29) is 24.0 Å². The monoisotopic (exact) mass is 549 g/mol. The fraction of sp³-hybridized carbons (Fsp3) is 0.333. The largest absolute Gasteiger partial charge is 0.493 e. The molecule has 0 saturated heterocycles. The Bertz CT molecular complexity index is 1050. The minimum atomic E-state index is 0. The molecule has 0 saturated carbocycles. The van der Waals surface area contributed by atoms with Gasteiger partial charge < -0.3 is 20.1 Å². The van der Waals surface area contributed by atoms with Crippen molar-refractivity contribution in [2.75, 3.05) is 27.8 Å². The Morgan fingerprint density at radius 1 is 1.00 bits per heavy atom. The molecule has 0 radical (unpaired) electrons. The average molecular weight is 549 g/mol. The highest BCUT2D eigenvalue weighted by molar-refractivity contribution is 14.0. The van der Waals surface area contributed by atoms with Crippen LogP contribution in [0.4, 0.5) is 0 Å².